The Morgan fingerprint density at radius 2 is 1.97 bits per heavy atom. The summed E-state index contributed by atoms with van der Waals surface area (Å²) in [7, 11) is 1.66. The van der Waals surface area contributed by atoms with E-state index in [0.29, 0.717) is 24.9 Å². The number of rotatable bonds is 8. The van der Waals surface area contributed by atoms with Crippen molar-refractivity contribution in [2.24, 2.45) is 0 Å². The molecule has 2 aromatic carbocycles. The van der Waals surface area contributed by atoms with E-state index in [2.05, 4.69) is 22.6 Å². The number of benzene rings is 2. The first-order chi connectivity index (χ1) is 16.0. The Labute approximate surface area is 198 Å². The van der Waals surface area contributed by atoms with Crippen molar-refractivity contribution in [3.63, 3.8) is 0 Å². The number of aryl methyl sites for hydroxylation is 1. The van der Waals surface area contributed by atoms with Crippen molar-refractivity contribution >= 4 is 23.4 Å². The van der Waals surface area contributed by atoms with E-state index in [1.165, 1.54) is 0 Å². The van der Waals surface area contributed by atoms with E-state index < -0.39 is 6.04 Å². The predicted molar refractivity (Wildman–Crippen MR) is 130 cm³/mol. The van der Waals surface area contributed by atoms with Gasteiger partial charge in [-0.15, -0.1) is 11.8 Å². The van der Waals surface area contributed by atoms with Crippen molar-refractivity contribution in [3.05, 3.63) is 71.2 Å². The minimum Gasteiger partial charge on any atom is -0.385 e. The quantitative estimate of drug-likeness (QED) is 0.360. The van der Waals surface area contributed by atoms with Crippen LogP contribution in [0.5, 0.6) is 0 Å². The van der Waals surface area contributed by atoms with Gasteiger partial charge in [-0.05, 0) is 50.3 Å². The minimum atomic E-state index is -0.391. The molecule has 1 unspecified atom stereocenters. The third-order valence-electron chi connectivity index (χ3n) is 5.71. The number of ether oxygens (including phenoxy) is 1. The number of carbonyl (C=O) groups is 1. The molecular formula is C25H28N4O3S. The van der Waals surface area contributed by atoms with Crippen molar-refractivity contribution in [2.75, 3.05) is 26.5 Å². The predicted octanol–water partition coefficient (Wildman–Crippen LogP) is 5.30. The minimum absolute atomic E-state index is 0.148. The molecule has 7 nitrogen and oxygen atoms in total. The maximum absolute atomic E-state index is 13.0. The van der Waals surface area contributed by atoms with Gasteiger partial charge in [-0.2, -0.15) is 4.98 Å². The lowest BCUT2D eigenvalue weighted by atomic mass is 9.94. The number of methoxy groups -OCH3 is 1. The SMILES string of the molecule is COCCCN1C(=O)NC(c2ccc(SC)cc2)C(c2nc(-c3cccc(C)c3)no2)=C1C. The lowest BCUT2D eigenvalue weighted by molar-refractivity contribution is 0.174. The lowest BCUT2D eigenvalue weighted by Crippen LogP contribution is -2.46. The van der Waals surface area contributed by atoms with E-state index in [1.807, 2.05) is 56.5 Å². The zero-order valence-electron chi connectivity index (χ0n) is 19.3. The summed E-state index contributed by atoms with van der Waals surface area (Å²) < 4.78 is 10.9. The van der Waals surface area contributed by atoms with E-state index in [-0.39, 0.29) is 6.03 Å². The monoisotopic (exact) mass is 464 g/mol. The van der Waals surface area contributed by atoms with Crippen LogP contribution in [0.4, 0.5) is 4.79 Å². The molecule has 4 rings (SSSR count). The summed E-state index contributed by atoms with van der Waals surface area (Å²) in [5.74, 6) is 0.924. The third-order valence-corrected chi connectivity index (χ3v) is 6.45. The molecule has 0 spiro atoms. The van der Waals surface area contributed by atoms with Gasteiger partial charge < -0.3 is 14.6 Å². The Balaban J connectivity index is 1.76. The van der Waals surface area contributed by atoms with Gasteiger partial charge in [-0.25, -0.2) is 4.79 Å². The number of hydrogen-bond acceptors (Lipinski definition) is 6. The van der Waals surface area contributed by atoms with Crippen molar-refractivity contribution in [2.45, 2.75) is 31.2 Å². The number of nitrogens with zero attached hydrogens (tertiary/aromatic N) is 3. The molecule has 1 atom stereocenters. The fraction of sp³-hybridized carbons (Fsp3) is 0.320. The topological polar surface area (TPSA) is 80.5 Å². The molecule has 0 bridgehead atoms. The van der Waals surface area contributed by atoms with Gasteiger partial charge in [0.05, 0.1) is 11.6 Å². The van der Waals surface area contributed by atoms with Crippen LogP contribution < -0.4 is 5.32 Å². The molecule has 0 saturated carbocycles. The Bertz CT molecular complexity index is 1160. The van der Waals surface area contributed by atoms with Crippen molar-refractivity contribution in [1.29, 1.82) is 0 Å². The van der Waals surface area contributed by atoms with Gasteiger partial charge in [-0.3, -0.25) is 4.90 Å². The van der Waals surface area contributed by atoms with Crippen molar-refractivity contribution < 1.29 is 14.1 Å². The number of thioether (sulfide) groups is 1. The number of aromatic nitrogens is 2. The van der Waals surface area contributed by atoms with Crippen LogP contribution in [0, 0.1) is 6.92 Å². The summed E-state index contributed by atoms with van der Waals surface area (Å²) in [5.41, 5.74) is 4.57. The molecule has 2 amide bonds. The molecule has 0 fully saturated rings. The van der Waals surface area contributed by atoms with Gasteiger partial charge in [0.2, 0.25) is 5.82 Å². The molecule has 0 saturated heterocycles. The van der Waals surface area contributed by atoms with Crippen LogP contribution in [0.25, 0.3) is 17.0 Å². The molecule has 172 valence electrons. The molecule has 1 aliphatic heterocycles. The molecule has 3 aromatic rings. The standard InChI is InChI=1S/C25H28N4O3S/c1-16-7-5-8-19(15-16)23-27-24(32-28-23)21-17(2)29(13-6-14-31-3)25(30)26-22(21)18-9-11-20(33-4)12-10-18/h5,7-12,15,22H,6,13-14H2,1-4H3,(H,26,30). The number of allylic oxidation sites excluding steroid dienone is 1. The molecular weight excluding hydrogens is 436 g/mol. The number of nitrogens with one attached hydrogen (secondary N) is 1. The smallest absolute Gasteiger partial charge is 0.322 e. The normalized spacial score (nSPS) is 16.3. The van der Waals surface area contributed by atoms with Crippen LogP contribution in [0.2, 0.25) is 0 Å². The number of carbonyl (C=O) groups excluding carboxylic acids is 1. The lowest BCUT2D eigenvalue weighted by Gasteiger charge is -2.35. The summed E-state index contributed by atoms with van der Waals surface area (Å²) in [4.78, 5) is 20.6. The summed E-state index contributed by atoms with van der Waals surface area (Å²) in [5, 5.41) is 7.38. The molecule has 33 heavy (non-hydrogen) atoms. The van der Waals surface area contributed by atoms with E-state index in [0.717, 1.165) is 39.3 Å². The van der Waals surface area contributed by atoms with E-state index in [4.69, 9.17) is 14.2 Å². The van der Waals surface area contributed by atoms with Gasteiger partial charge in [0, 0.05) is 36.4 Å². The van der Waals surface area contributed by atoms with Crippen LogP contribution in [0.15, 0.2) is 63.6 Å². The maximum Gasteiger partial charge on any atom is 0.322 e. The second-order valence-electron chi connectivity index (χ2n) is 7.95. The summed E-state index contributed by atoms with van der Waals surface area (Å²) in [6.07, 6.45) is 2.76. The summed E-state index contributed by atoms with van der Waals surface area (Å²) >= 11 is 1.68. The highest BCUT2D eigenvalue weighted by atomic mass is 32.2. The largest absolute Gasteiger partial charge is 0.385 e. The zero-order chi connectivity index (χ0) is 23.4. The highest BCUT2D eigenvalue weighted by Gasteiger charge is 2.35. The summed E-state index contributed by atoms with van der Waals surface area (Å²) in [6.45, 7) is 5.07. The van der Waals surface area contributed by atoms with Gasteiger partial charge in [0.15, 0.2) is 0 Å². The number of urea groups is 1. The first-order valence-electron chi connectivity index (χ1n) is 10.8. The van der Waals surface area contributed by atoms with Gasteiger partial charge in [0.1, 0.15) is 0 Å². The van der Waals surface area contributed by atoms with Gasteiger partial charge in [0.25, 0.3) is 5.89 Å². The van der Waals surface area contributed by atoms with E-state index in [9.17, 15) is 4.79 Å². The molecule has 2 heterocycles. The molecule has 1 aromatic heterocycles. The molecule has 1 aliphatic rings. The molecule has 0 radical (unpaired) electrons. The highest BCUT2D eigenvalue weighted by molar-refractivity contribution is 7.98. The van der Waals surface area contributed by atoms with Crippen LogP contribution in [-0.4, -0.2) is 47.6 Å². The molecule has 8 heteroatoms. The Morgan fingerprint density at radius 1 is 1.18 bits per heavy atom. The number of amides is 2. The Kier molecular flexibility index (Phi) is 7.15. The zero-order valence-corrected chi connectivity index (χ0v) is 20.1. The van der Waals surface area contributed by atoms with Gasteiger partial charge in [-0.1, -0.05) is 41.1 Å². The fourth-order valence-electron chi connectivity index (χ4n) is 3.98. The Hall–Kier alpha value is -3.10. The second-order valence-corrected chi connectivity index (χ2v) is 8.83. The fourth-order valence-corrected chi connectivity index (χ4v) is 4.38. The molecule has 0 aliphatic carbocycles. The average Bonchev–Trinajstić information content (AvgIpc) is 3.31. The van der Waals surface area contributed by atoms with Crippen molar-refractivity contribution in [3.8, 4) is 11.4 Å². The van der Waals surface area contributed by atoms with E-state index in [1.54, 1.807) is 23.8 Å². The number of hydrogen-bond donors (Lipinski definition) is 1. The van der Waals surface area contributed by atoms with Crippen molar-refractivity contribution in [1.82, 2.24) is 20.4 Å². The van der Waals surface area contributed by atoms with Crippen LogP contribution in [0.1, 0.15) is 36.4 Å². The van der Waals surface area contributed by atoms with Gasteiger partial charge >= 0.3 is 6.03 Å². The summed E-state index contributed by atoms with van der Waals surface area (Å²) in [6, 6.07) is 15.6. The van der Waals surface area contributed by atoms with Crippen LogP contribution in [0.3, 0.4) is 0 Å². The third kappa shape index (κ3) is 4.96. The highest BCUT2D eigenvalue weighted by Crippen LogP contribution is 2.37. The first-order valence-corrected chi connectivity index (χ1v) is 12.1. The average molecular weight is 465 g/mol. The Morgan fingerprint density at radius 3 is 2.67 bits per heavy atom. The first kappa shape index (κ1) is 23.1. The molecule has 1 N–H and O–H groups in total. The van der Waals surface area contributed by atoms with E-state index >= 15 is 0 Å². The van der Waals surface area contributed by atoms with Crippen LogP contribution in [-0.2, 0) is 4.74 Å². The van der Waals surface area contributed by atoms with Crippen LogP contribution >= 0.6 is 11.8 Å². The maximum atomic E-state index is 13.0. The second kappa shape index (κ2) is 10.2.